The van der Waals surface area contributed by atoms with Crippen molar-refractivity contribution in [3.63, 3.8) is 0 Å². The summed E-state index contributed by atoms with van der Waals surface area (Å²) in [5, 5.41) is 0. The van der Waals surface area contributed by atoms with Crippen molar-refractivity contribution in [2.24, 2.45) is 5.92 Å². The van der Waals surface area contributed by atoms with Gasteiger partial charge >= 0.3 is 0 Å². The van der Waals surface area contributed by atoms with Crippen LogP contribution in [0.15, 0.2) is 36.5 Å². The maximum Gasteiger partial charge on any atom is 0.145 e. The Hall–Kier alpha value is -1.11. The minimum absolute atomic E-state index is 0.563. The molecule has 1 atom stereocenters. The summed E-state index contributed by atoms with van der Waals surface area (Å²) in [6.45, 7) is 11.6. The van der Waals surface area contributed by atoms with E-state index in [-0.39, 0.29) is 0 Å². The topological polar surface area (TPSA) is 17.1 Å². The summed E-state index contributed by atoms with van der Waals surface area (Å²) in [5.74, 6) is 0.563. The van der Waals surface area contributed by atoms with Crippen molar-refractivity contribution < 1.29 is 4.79 Å². The molecule has 0 bridgehead atoms. The fourth-order valence-corrected chi connectivity index (χ4v) is 1.18. The van der Waals surface area contributed by atoms with Crippen LogP contribution in [0, 0.1) is 5.92 Å². The van der Waals surface area contributed by atoms with Crippen LogP contribution in [0.1, 0.15) is 33.1 Å². The molecule has 0 spiro atoms. The van der Waals surface area contributed by atoms with E-state index in [1.54, 1.807) is 0 Å². The quantitative estimate of drug-likeness (QED) is 0.341. The number of hydrogen-bond acceptors (Lipinski definition) is 1. The second kappa shape index (κ2) is 7.31. The van der Waals surface area contributed by atoms with Crippen LogP contribution in [-0.2, 0) is 4.79 Å². The first-order valence-electron chi connectivity index (χ1n) is 5.01. The monoisotopic (exact) mass is 192 g/mol. The van der Waals surface area contributed by atoms with Crippen molar-refractivity contribution in [2.45, 2.75) is 33.1 Å². The number of carbonyl (C=O) groups excluding carboxylic acids is 1. The SMILES string of the molecule is C=CC(C)CCC=C(C)CC(=C)C=O. The Morgan fingerprint density at radius 1 is 1.50 bits per heavy atom. The van der Waals surface area contributed by atoms with Crippen LogP contribution in [-0.4, -0.2) is 6.29 Å². The molecule has 0 aliphatic rings. The van der Waals surface area contributed by atoms with Gasteiger partial charge in [0.1, 0.15) is 6.29 Å². The van der Waals surface area contributed by atoms with Gasteiger partial charge in [-0.3, -0.25) is 4.79 Å². The highest BCUT2D eigenvalue weighted by Gasteiger charge is 1.96. The summed E-state index contributed by atoms with van der Waals surface area (Å²) < 4.78 is 0. The highest BCUT2D eigenvalue weighted by atomic mass is 16.1. The molecule has 1 nitrogen and oxygen atoms in total. The fraction of sp³-hybridized carbons (Fsp3) is 0.462. The van der Waals surface area contributed by atoms with Gasteiger partial charge in [0.15, 0.2) is 0 Å². The van der Waals surface area contributed by atoms with Gasteiger partial charge in [0.2, 0.25) is 0 Å². The minimum Gasteiger partial charge on any atom is -0.298 e. The Bertz CT molecular complexity index is 236. The average molecular weight is 192 g/mol. The minimum atomic E-state index is 0.563. The lowest BCUT2D eigenvalue weighted by Gasteiger charge is -2.03. The predicted octanol–water partition coefficient (Wildman–Crippen LogP) is 3.68. The number of hydrogen-bond donors (Lipinski definition) is 0. The van der Waals surface area contributed by atoms with E-state index in [1.807, 2.05) is 13.0 Å². The normalized spacial score (nSPS) is 13.4. The van der Waals surface area contributed by atoms with Crippen molar-refractivity contribution in [2.75, 3.05) is 0 Å². The Labute approximate surface area is 87.2 Å². The van der Waals surface area contributed by atoms with Gasteiger partial charge in [-0.15, -0.1) is 6.58 Å². The molecule has 0 saturated carbocycles. The molecule has 0 fully saturated rings. The first-order valence-corrected chi connectivity index (χ1v) is 5.01. The van der Waals surface area contributed by atoms with Crippen LogP contribution in [0.25, 0.3) is 0 Å². The van der Waals surface area contributed by atoms with E-state index in [0.29, 0.717) is 17.9 Å². The standard InChI is InChI=1S/C13H20O/c1-5-11(2)7-6-8-12(3)9-13(4)10-14/h5,8,10-11H,1,4,6-7,9H2,2-3H3. The van der Waals surface area contributed by atoms with E-state index >= 15 is 0 Å². The lowest BCUT2D eigenvalue weighted by Crippen LogP contribution is -1.88. The summed E-state index contributed by atoms with van der Waals surface area (Å²) >= 11 is 0. The highest BCUT2D eigenvalue weighted by molar-refractivity contribution is 5.72. The average Bonchev–Trinajstić information content (AvgIpc) is 2.17. The fourth-order valence-electron chi connectivity index (χ4n) is 1.18. The first-order chi connectivity index (χ1) is 6.60. The zero-order valence-corrected chi connectivity index (χ0v) is 9.25. The third-order valence-corrected chi connectivity index (χ3v) is 2.19. The molecule has 78 valence electrons. The number of aldehydes is 1. The Balaban J connectivity index is 3.82. The molecule has 1 unspecified atom stereocenters. The molecule has 14 heavy (non-hydrogen) atoms. The van der Waals surface area contributed by atoms with Gasteiger partial charge in [0.05, 0.1) is 0 Å². The lowest BCUT2D eigenvalue weighted by atomic mass is 10.0. The van der Waals surface area contributed by atoms with E-state index in [2.05, 4.69) is 26.2 Å². The second-order valence-corrected chi connectivity index (χ2v) is 3.79. The maximum atomic E-state index is 10.3. The van der Waals surface area contributed by atoms with Crippen LogP contribution >= 0.6 is 0 Å². The summed E-state index contributed by atoms with van der Waals surface area (Å²) in [6.07, 6.45) is 7.83. The first kappa shape index (κ1) is 12.9. The van der Waals surface area contributed by atoms with Crippen molar-refractivity contribution in [1.29, 1.82) is 0 Å². The molecule has 0 aliphatic heterocycles. The van der Waals surface area contributed by atoms with Crippen LogP contribution in [0.4, 0.5) is 0 Å². The molecule has 0 aromatic heterocycles. The van der Waals surface area contributed by atoms with Gasteiger partial charge in [-0.1, -0.05) is 31.2 Å². The van der Waals surface area contributed by atoms with Crippen molar-refractivity contribution in [3.8, 4) is 0 Å². The number of allylic oxidation sites excluding steroid dienone is 4. The molecule has 0 radical (unpaired) electrons. The second-order valence-electron chi connectivity index (χ2n) is 3.79. The van der Waals surface area contributed by atoms with Gasteiger partial charge in [0.25, 0.3) is 0 Å². The Morgan fingerprint density at radius 3 is 2.64 bits per heavy atom. The maximum absolute atomic E-state index is 10.3. The number of carbonyl (C=O) groups is 1. The smallest absolute Gasteiger partial charge is 0.145 e. The summed E-state index contributed by atoms with van der Waals surface area (Å²) in [6, 6.07) is 0. The molecular weight excluding hydrogens is 172 g/mol. The third kappa shape index (κ3) is 6.41. The molecule has 0 aromatic rings. The molecule has 0 heterocycles. The van der Waals surface area contributed by atoms with Crippen LogP contribution in [0.5, 0.6) is 0 Å². The van der Waals surface area contributed by atoms with Crippen molar-refractivity contribution >= 4 is 6.29 Å². The van der Waals surface area contributed by atoms with Gasteiger partial charge < -0.3 is 0 Å². The summed E-state index contributed by atoms with van der Waals surface area (Å²) in [5.41, 5.74) is 1.87. The zero-order chi connectivity index (χ0) is 11.0. The van der Waals surface area contributed by atoms with Gasteiger partial charge in [0, 0.05) is 0 Å². The van der Waals surface area contributed by atoms with Crippen LogP contribution in [0.2, 0.25) is 0 Å². The Morgan fingerprint density at radius 2 is 2.14 bits per heavy atom. The third-order valence-electron chi connectivity index (χ3n) is 2.19. The molecule has 0 rings (SSSR count). The van der Waals surface area contributed by atoms with Gasteiger partial charge in [-0.05, 0) is 37.7 Å². The van der Waals surface area contributed by atoms with Crippen LogP contribution in [0.3, 0.4) is 0 Å². The molecule has 0 aliphatic carbocycles. The van der Waals surface area contributed by atoms with E-state index in [4.69, 9.17) is 0 Å². The summed E-state index contributed by atoms with van der Waals surface area (Å²) in [4.78, 5) is 10.3. The lowest BCUT2D eigenvalue weighted by molar-refractivity contribution is -0.104. The van der Waals surface area contributed by atoms with E-state index < -0.39 is 0 Å². The molecule has 0 aromatic carbocycles. The molecule has 0 saturated heterocycles. The van der Waals surface area contributed by atoms with Gasteiger partial charge in [-0.25, -0.2) is 0 Å². The molecule has 0 N–H and O–H groups in total. The predicted molar refractivity (Wildman–Crippen MR) is 62.2 cm³/mol. The zero-order valence-electron chi connectivity index (χ0n) is 9.25. The van der Waals surface area contributed by atoms with Gasteiger partial charge in [-0.2, -0.15) is 0 Å². The molecular formula is C13H20O. The molecule has 1 heteroatoms. The summed E-state index contributed by atoms with van der Waals surface area (Å²) in [7, 11) is 0. The Kier molecular flexibility index (Phi) is 6.73. The van der Waals surface area contributed by atoms with Crippen LogP contribution < -0.4 is 0 Å². The largest absolute Gasteiger partial charge is 0.298 e. The van der Waals surface area contributed by atoms with Crippen molar-refractivity contribution in [1.82, 2.24) is 0 Å². The van der Waals surface area contributed by atoms with E-state index in [9.17, 15) is 4.79 Å². The number of rotatable bonds is 7. The highest BCUT2D eigenvalue weighted by Crippen LogP contribution is 2.11. The van der Waals surface area contributed by atoms with E-state index in [1.165, 1.54) is 5.57 Å². The van der Waals surface area contributed by atoms with Crippen molar-refractivity contribution in [3.05, 3.63) is 36.5 Å². The van der Waals surface area contributed by atoms with E-state index in [0.717, 1.165) is 19.1 Å². The molecule has 0 amide bonds.